The standard InChI is InChI=1S/C27H17Br2N3/c28-23-14-22(15-24(29)16-23)26-17-25(31-27(32-26)21-4-2-1-3-5-21)20-8-6-18(7-9-20)19-10-12-30-13-11-19/h1-17H. The van der Waals surface area contributed by atoms with E-state index in [-0.39, 0.29) is 0 Å². The molecular weight excluding hydrogens is 526 g/mol. The normalized spacial score (nSPS) is 10.8. The Morgan fingerprint density at radius 3 is 1.69 bits per heavy atom. The highest BCUT2D eigenvalue weighted by Crippen LogP contribution is 2.31. The zero-order valence-corrected chi connectivity index (χ0v) is 20.1. The van der Waals surface area contributed by atoms with E-state index in [0.717, 1.165) is 48.2 Å². The van der Waals surface area contributed by atoms with Crippen molar-refractivity contribution in [1.82, 2.24) is 15.0 Å². The monoisotopic (exact) mass is 541 g/mol. The molecule has 0 radical (unpaired) electrons. The molecule has 5 aromatic rings. The van der Waals surface area contributed by atoms with Gasteiger partial charge < -0.3 is 0 Å². The number of hydrogen-bond acceptors (Lipinski definition) is 3. The Morgan fingerprint density at radius 1 is 0.469 bits per heavy atom. The lowest BCUT2D eigenvalue weighted by atomic mass is 10.0. The van der Waals surface area contributed by atoms with E-state index in [2.05, 4.69) is 73.2 Å². The quantitative estimate of drug-likeness (QED) is 0.230. The molecule has 5 heteroatoms. The van der Waals surface area contributed by atoms with Crippen LogP contribution in [0.15, 0.2) is 112 Å². The van der Waals surface area contributed by atoms with Crippen molar-refractivity contribution < 1.29 is 0 Å². The Morgan fingerprint density at radius 2 is 1.03 bits per heavy atom. The maximum Gasteiger partial charge on any atom is 0.160 e. The molecule has 0 spiro atoms. The highest BCUT2D eigenvalue weighted by Gasteiger charge is 2.12. The summed E-state index contributed by atoms with van der Waals surface area (Å²) in [5, 5.41) is 0. The molecule has 2 aromatic heterocycles. The third-order valence-electron chi connectivity index (χ3n) is 5.11. The van der Waals surface area contributed by atoms with E-state index < -0.39 is 0 Å². The van der Waals surface area contributed by atoms with E-state index in [4.69, 9.17) is 9.97 Å². The summed E-state index contributed by atoms with van der Waals surface area (Å²) < 4.78 is 1.98. The summed E-state index contributed by atoms with van der Waals surface area (Å²) in [5.74, 6) is 0.701. The second-order valence-corrected chi connectivity index (χ2v) is 9.13. The molecule has 3 nitrogen and oxygen atoms in total. The van der Waals surface area contributed by atoms with Gasteiger partial charge in [-0.1, -0.05) is 86.5 Å². The molecule has 0 aliphatic carbocycles. The molecule has 32 heavy (non-hydrogen) atoms. The van der Waals surface area contributed by atoms with Crippen LogP contribution in [0.4, 0.5) is 0 Å². The minimum Gasteiger partial charge on any atom is -0.265 e. The summed E-state index contributed by atoms with van der Waals surface area (Å²) in [7, 11) is 0. The molecule has 3 aromatic carbocycles. The van der Waals surface area contributed by atoms with Gasteiger partial charge in [-0.2, -0.15) is 0 Å². The van der Waals surface area contributed by atoms with Crippen molar-refractivity contribution in [2.75, 3.05) is 0 Å². The van der Waals surface area contributed by atoms with Crippen LogP contribution in [0.1, 0.15) is 0 Å². The van der Waals surface area contributed by atoms with Crippen LogP contribution in [0.25, 0.3) is 45.0 Å². The third kappa shape index (κ3) is 4.54. The van der Waals surface area contributed by atoms with Crippen LogP contribution in [0.3, 0.4) is 0 Å². The molecule has 0 atom stereocenters. The lowest BCUT2D eigenvalue weighted by Gasteiger charge is -2.10. The van der Waals surface area contributed by atoms with Crippen molar-refractivity contribution in [3.63, 3.8) is 0 Å². The molecule has 0 unspecified atom stereocenters. The first-order valence-electron chi connectivity index (χ1n) is 10.1. The van der Waals surface area contributed by atoms with E-state index >= 15 is 0 Å². The predicted octanol–water partition coefficient (Wildman–Crippen LogP) is 8.06. The number of nitrogens with zero attached hydrogens (tertiary/aromatic N) is 3. The number of benzene rings is 3. The fourth-order valence-corrected chi connectivity index (χ4v) is 4.83. The average molecular weight is 543 g/mol. The van der Waals surface area contributed by atoms with E-state index in [1.165, 1.54) is 0 Å². The van der Waals surface area contributed by atoms with Crippen LogP contribution in [0, 0.1) is 0 Å². The maximum atomic E-state index is 4.90. The van der Waals surface area contributed by atoms with Crippen molar-refractivity contribution in [2.24, 2.45) is 0 Å². The van der Waals surface area contributed by atoms with Crippen LogP contribution < -0.4 is 0 Å². The first kappa shape index (κ1) is 20.7. The first-order chi connectivity index (χ1) is 15.7. The number of aromatic nitrogens is 3. The predicted molar refractivity (Wildman–Crippen MR) is 137 cm³/mol. The summed E-state index contributed by atoms with van der Waals surface area (Å²) >= 11 is 7.18. The van der Waals surface area contributed by atoms with Crippen molar-refractivity contribution in [2.45, 2.75) is 0 Å². The molecule has 0 aliphatic heterocycles. The minimum atomic E-state index is 0.701. The van der Waals surface area contributed by atoms with Gasteiger partial charge >= 0.3 is 0 Å². The summed E-state index contributed by atoms with van der Waals surface area (Å²) in [6, 6.07) is 30.7. The van der Waals surface area contributed by atoms with Crippen molar-refractivity contribution in [1.29, 1.82) is 0 Å². The van der Waals surface area contributed by atoms with E-state index in [0.29, 0.717) is 5.82 Å². The second-order valence-electron chi connectivity index (χ2n) is 7.30. The minimum absolute atomic E-state index is 0.701. The van der Waals surface area contributed by atoms with Gasteiger partial charge in [0.25, 0.3) is 0 Å². The van der Waals surface area contributed by atoms with Gasteiger partial charge in [-0.15, -0.1) is 0 Å². The van der Waals surface area contributed by atoms with E-state index in [1.807, 2.05) is 67.0 Å². The van der Waals surface area contributed by atoms with Gasteiger partial charge in [0.05, 0.1) is 11.4 Å². The van der Waals surface area contributed by atoms with Crippen molar-refractivity contribution >= 4 is 31.9 Å². The Hall–Kier alpha value is -3.15. The highest BCUT2D eigenvalue weighted by atomic mass is 79.9. The largest absolute Gasteiger partial charge is 0.265 e. The number of hydrogen-bond donors (Lipinski definition) is 0. The first-order valence-corrected chi connectivity index (χ1v) is 11.7. The molecule has 0 aliphatic rings. The van der Waals surface area contributed by atoms with Gasteiger partial charge in [-0.25, -0.2) is 9.97 Å². The fraction of sp³-hybridized carbons (Fsp3) is 0. The zero-order chi connectivity index (χ0) is 21.9. The van der Waals surface area contributed by atoms with Crippen molar-refractivity contribution in [3.8, 4) is 45.0 Å². The van der Waals surface area contributed by atoms with Gasteiger partial charge in [-0.05, 0) is 47.5 Å². The van der Waals surface area contributed by atoms with E-state index in [9.17, 15) is 0 Å². The molecule has 0 saturated heterocycles. The van der Waals surface area contributed by atoms with Crippen LogP contribution in [0.2, 0.25) is 0 Å². The number of halogens is 2. The van der Waals surface area contributed by atoms with Gasteiger partial charge in [0.15, 0.2) is 5.82 Å². The summed E-state index contributed by atoms with van der Waals surface area (Å²) in [6.45, 7) is 0. The van der Waals surface area contributed by atoms with Crippen LogP contribution >= 0.6 is 31.9 Å². The second kappa shape index (κ2) is 9.15. The molecule has 0 N–H and O–H groups in total. The Kier molecular flexibility index (Phi) is 5.93. The summed E-state index contributed by atoms with van der Waals surface area (Å²) in [5.41, 5.74) is 7.07. The fourth-order valence-electron chi connectivity index (χ4n) is 3.54. The maximum absolute atomic E-state index is 4.90. The van der Waals surface area contributed by atoms with E-state index in [1.54, 1.807) is 0 Å². The SMILES string of the molecule is Brc1cc(Br)cc(-c2cc(-c3ccc(-c4ccncc4)cc3)nc(-c3ccccc3)n2)c1. The molecular formula is C27H17Br2N3. The molecule has 154 valence electrons. The van der Waals surface area contributed by atoms with Gasteiger partial charge in [-0.3, -0.25) is 4.98 Å². The Balaban J connectivity index is 1.63. The Labute approximate surface area is 203 Å². The van der Waals surface area contributed by atoms with Crippen LogP contribution in [-0.2, 0) is 0 Å². The summed E-state index contributed by atoms with van der Waals surface area (Å²) in [4.78, 5) is 13.9. The lowest BCUT2D eigenvalue weighted by molar-refractivity contribution is 1.18. The topological polar surface area (TPSA) is 38.7 Å². The summed E-state index contributed by atoms with van der Waals surface area (Å²) in [6.07, 6.45) is 3.62. The molecule has 0 fully saturated rings. The highest BCUT2D eigenvalue weighted by molar-refractivity contribution is 9.11. The van der Waals surface area contributed by atoms with Crippen LogP contribution in [-0.4, -0.2) is 15.0 Å². The van der Waals surface area contributed by atoms with Crippen molar-refractivity contribution in [3.05, 3.63) is 112 Å². The smallest absolute Gasteiger partial charge is 0.160 e. The van der Waals surface area contributed by atoms with Gasteiger partial charge in [0, 0.05) is 38.0 Å². The lowest BCUT2D eigenvalue weighted by Crippen LogP contribution is -1.96. The molecule has 0 bridgehead atoms. The average Bonchev–Trinajstić information content (AvgIpc) is 2.84. The molecule has 2 heterocycles. The van der Waals surface area contributed by atoms with Crippen LogP contribution in [0.5, 0.6) is 0 Å². The third-order valence-corrected chi connectivity index (χ3v) is 6.03. The number of rotatable bonds is 4. The number of pyridine rings is 1. The van der Waals surface area contributed by atoms with Gasteiger partial charge in [0.2, 0.25) is 0 Å². The van der Waals surface area contributed by atoms with Gasteiger partial charge in [0.1, 0.15) is 0 Å². The zero-order valence-electron chi connectivity index (χ0n) is 16.9. The molecule has 0 saturated carbocycles. The molecule has 5 rings (SSSR count). The molecule has 0 amide bonds. The Bertz CT molecular complexity index is 1350.